The molecule has 0 aliphatic carbocycles. The van der Waals surface area contributed by atoms with Crippen molar-refractivity contribution < 1.29 is 14.7 Å². The van der Waals surface area contributed by atoms with Crippen molar-refractivity contribution in [3.8, 4) is 0 Å². The first-order chi connectivity index (χ1) is 9.15. The van der Waals surface area contributed by atoms with Gasteiger partial charge in [-0.05, 0) is 5.92 Å². The Bertz CT molecular complexity index is 397. The highest BCUT2D eigenvalue weighted by Crippen LogP contribution is 2.04. The molecule has 0 bridgehead atoms. The summed E-state index contributed by atoms with van der Waals surface area (Å²) in [5.74, 6) is 0.779. The van der Waals surface area contributed by atoms with Crippen LogP contribution in [0.25, 0.3) is 0 Å². The number of pyridine rings is 1. The van der Waals surface area contributed by atoms with E-state index in [1.807, 2.05) is 17.3 Å². The van der Waals surface area contributed by atoms with Crippen molar-refractivity contribution >= 4 is 5.91 Å². The lowest BCUT2D eigenvalue weighted by molar-refractivity contribution is -0.917. The van der Waals surface area contributed by atoms with Gasteiger partial charge >= 0.3 is 0 Å². The van der Waals surface area contributed by atoms with E-state index in [0.717, 1.165) is 32.7 Å². The highest BCUT2D eigenvalue weighted by atomic mass is 16.2. The number of carbonyl (C=O) groups is 1. The Morgan fingerprint density at radius 2 is 1.95 bits per heavy atom. The Balaban J connectivity index is 1.78. The van der Waals surface area contributed by atoms with Gasteiger partial charge in [0.05, 0.1) is 26.2 Å². The summed E-state index contributed by atoms with van der Waals surface area (Å²) in [6, 6.07) is 4.26. The lowest BCUT2D eigenvalue weighted by Gasteiger charge is -2.32. The molecule has 4 heteroatoms. The molecule has 0 saturated carbocycles. The summed E-state index contributed by atoms with van der Waals surface area (Å²) >= 11 is 0. The fourth-order valence-electron chi connectivity index (χ4n) is 2.56. The predicted octanol–water partition coefficient (Wildman–Crippen LogP) is -0.226. The molecule has 19 heavy (non-hydrogen) atoms. The Morgan fingerprint density at radius 3 is 2.53 bits per heavy atom. The minimum atomic E-state index is 0.323. The van der Waals surface area contributed by atoms with Crippen LogP contribution in [0.15, 0.2) is 24.5 Å². The van der Waals surface area contributed by atoms with Gasteiger partial charge in [0.25, 0.3) is 0 Å². The van der Waals surface area contributed by atoms with Crippen LogP contribution in [0.5, 0.6) is 0 Å². The van der Waals surface area contributed by atoms with Gasteiger partial charge in [-0.2, -0.15) is 0 Å². The number of hydrogen-bond donors (Lipinski definition) is 1. The second-order valence-electron chi connectivity index (χ2n) is 5.81. The van der Waals surface area contributed by atoms with Gasteiger partial charge in [0.1, 0.15) is 6.54 Å². The standard InChI is InChI=1S/C15H23N3O/c1-13(2)11-15(19)18-9-7-17(8-10-18)12-14-3-5-16-6-4-14/h3-6,13H,7-12H2,1-2H3/p+2. The fraction of sp³-hybridized carbons (Fsp3) is 0.600. The summed E-state index contributed by atoms with van der Waals surface area (Å²) < 4.78 is 0. The van der Waals surface area contributed by atoms with Crippen LogP contribution in [0.3, 0.4) is 0 Å². The monoisotopic (exact) mass is 263 g/mol. The third-order valence-corrected chi connectivity index (χ3v) is 3.65. The number of amides is 1. The summed E-state index contributed by atoms with van der Waals surface area (Å²) in [5.41, 5.74) is 1.36. The SMILES string of the molecule is CC(C)CC(=O)N1CC[NH+](Cc2cc[nH+]cc2)CC1. The molecular weight excluding hydrogens is 238 g/mol. The Kier molecular flexibility index (Phi) is 4.91. The van der Waals surface area contributed by atoms with Crippen LogP contribution >= 0.6 is 0 Å². The van der Waals surface area contributed by atoms with Crippen molar-refractivity contribution in [1.82, 2.24) is 4.90 Å². The zero-order chi connectivity index (χ0) is 13.7. The molecule has 4 nitrogen and oxygen atoms in total. The number of aromatic amines is 1. The number of piperazine rings is 1. The Labute approximate surface area is 115 Å². The predicted molar refractivity (Wildman–Crippen MR) is 73.4 cm³/mol. The zero-order valence-electron chi connectivity index (χ0n) is 12.0. The van der Waals surface area contributed by atoms with Gasteiger partial charge in [-0.1, -0.05) is 13.8 Å². The van der Waals surface area contributed by atoms with Gasteiger partial charge in [-0.15, -0.1) is 0 Å². The van der Waals surface area contributed by atoms with Crippen LogP contribution in [0.4, 0.5) is 0 Å². The molecule has 0 spiro atoms. The van der Waals surface area contributed by atoms with Gasteiger partial charge in [-0.3, -0.25) is 4.79 Å². The average Bonchev–Trinajstić information content (AvgIpc) is 2.40. The molecule has 0 radical (unpaired) electrons. The number of rotatable bonds is 4. The number of H-pyrrole nitrogens is 1. The van der Waals surface area contributed by atoms with Crippen LogP contribution in [0, 0.1) is 5.92 Å². The smallest absolute Gasteiger partial charge is 0.223 e. The molecule has 2 N–H and O–H groups in total. The van der Waals surface area contributed by atoms with E-state index < -0.39 is 0 Å². The minimum absolute atomic E-state index is 0.323. The summed E-state index contributed by atoms with van der Waals surface area (Å²) in [7, 11) is 0. The van der Waals surface area contributed by atoms with Gasteiger partial charge in [0.15, 0.2) is 12.4 Å². The molecule has 1 aromatic heterocycles. The quantitative estimate of drug-likeness (QED) is 0.801. The molecule has 0 aromatic carbocycles. The number of nitrogens with zero attached hydrogens (tertiary/aromatic N) is 1. The van der Waals surface area contributed by atoms with Crippen molar-refractivity contribution in [3.05, 3.63) is 30.1 Å². The summed E-state index contributed by atoms with van der Waals surface area (Å²) in [6.07, 6.45) is 4.62. The number of nitrogens with one attached hydrogen (secondary N) is 2. The summed E-state index contributed by atoms with van der Waals surface area (Å²) in [5, 5.41) is 0. The molecular formula is C15H25N3O+2. The lowest BCUT2D eigenvalue weighted by Crippen LogP contribution is -3.13. The van der Waals surface area contributed by atoms with Crippen molar-refractivity contribution in [2.24, 2.45) is 5.92 Å². The molecule has 1 saturated heterocycles. The molecule has 0 atom stereocenters. The van der Waals surface area contributed by atoms with E-state index in [9.17, 15) is 4.79 Å². The highest BCUT2D eigenvalue weighted by Gasteiger charge is 2.23. The van der Waals surface area contributed by atoms with Crippen LogP contribution in [-0.2, 0) is 11.3 Å². The van der Waals surface area contributed by atoms with Crippen molar-refractivity contribution in [2.45, 2.75) is 26.8 Å². The van der Waals surface area contributed by atoms with Crippen molar-refractivity contribution in [1.29, 1.82) is 0 Å². The van der Waals surface area contributed by atoms with Crippen molar-refractivity contribution in [3.63, 3.8) is 0 Å². The zero-order valence-corrected chi connectivity index (χ0v) is 12.0. The molecule has 1 aliphatic rings. The van der Waals surface area contributed by atoms with E-state index >= 15 is 0 Å². The molecule has 2 heterocycles. The van der Waals surface area contributed by atoms with Gasteiger partial charge < -0.3 is 9.80 Å². The molecule has 1 aromatic rings. The van der Waals surface area contributed by atoms with E-state index in [-0.39, 0.29) is 0 Å². The first kappa shape index (κ1) is 14.0. The van der Waals surface area contributed by atoms with Crippen molar-refractivity contribution in [2.75, 3.05) is 26.2 Å². The fourth-order valence-corrected chi connectivity index (χ4v) is 2.56. The summed E-state index contributed by atoms with van der Waals surface area (Å²) in [4.78, 5) is 18.6. The van der Waals surface area contributed by atoms with E-state index in [1.54, 1.807) is 4.90 Å². The number of carbonyl (C=O) groups excluding carboxylic acids is 1. The minimum Gasteiger partial charge on any atom is -0.331 e. The average molecular weight is 263 g/mol. The maximum absolute atomic E-state index is 12.0. The number of aromatic nitrogens is 1. The molecule has 1 fully saturated rings. The topological polar surface area (TPSA) is 38.9 Å². The maximum atomic E-state index is 12.0. The molecule has 2 rings (SSSR count). The summed E-state index contributed by atoms with van der Waals surface area (Å²) in [6.45, 7) is 9.18. The molecule has 104 valence electrons. The van der Waals surface area contributed by atoms with Crippen LogP contribution in [0.1, 0.15) is 25.8 Å². The van der Waals surface area contributed by atoms with Crippen LogP contribution in [0.2, 0.25) is 0 Å². The molecule has 1 aliphatic heterocycles. The number of quaternary nitrogens is 1. The third-order valence-electron chi connectivity index (χ3n) is 3.65. The van der Waals surface area contributed by atoms with E-state index in [0.29, 0.717) is 18.2 Å². The first-order valence-electron chi connectivity index (χ1n) is 7.21. The first-order valence-corrected chi connectivity index (χ1v) is 7.21. The normalized spacial score (nSPS) is 16.9. The Hall–Kier alpha value is -1.42. The van der Waals surface area contributed by atoms with Gasteiger partial charge in [0, 0.05) is 24.1 Å². The van der Waals surface area contributed by atoms with E-state index in [2.05, 4.69) is 31.0 Å². The van der Waals surface area contributed by atoms with Crippen LogP contribution < -0.4 is 9.88 Å². The third kappa shape index (κ3) is 4.31. The largest absolute Gasteiger partial charge is 0.331 e. The highest BCUT2D eigenvalue weighted by molar-refractivity contribution is 5.76. The number of hydrogen-bond acceptors (Lipinski definition) is 1. The maximum Gasteiger partial charge on any atom is 0.223 e. The molecule has 1 amide bonds. The second kappa shape index (κ2) is 6.66. The second-order valence-corrected chi connectivity index (χ2v) is 5.81. The van der Waals surface area contributed by atoms with E-state index in [4.69, 9.17) is 0 Å². The van der Waals surface area contributed by atoms with Gasteiger partial charge in [-0.25, -0.2) is 4.98 Å². The van der Waals surface area contributed by atoms with E-state index in [1.165, 1.54) is 5.56 Å². The Morgan fingerprint density at radius 1 is 1.32 bits per heavy atom. The van der Waals surface area contributed by atoms with Crippen LogP contribution in [-0.4, -0.2) is 37.0 Å². The molecule has 0 unspecified atom stereocenters. The van der Waals surface area contributed by atoms with Gasteiger partial charge in [0.2, 0.25) is 5.91 Å². The lowest BCUT2D eigenvalue weighted by atomic mass is 10.1.